The lowest BCUT2D eigenvalue weighted by molar-refractivity contribution is 0.574. The van der Waals surface area contributed by atoms with Crippen molar-refractivity contribution in [1.82, 2.24) is 14.3 Å². The minimum absolute atomic E-state index is 0.0379. The molecule has 0 amide bonds. The van der Waals surface area contributed by atoms with Gasteiger partial charge in [0.25, 0.3) is 10.0 Å². The molecule has 0 bridgehead atoms. The predicted molar refractivity (Wildman–Crippen MR) is 68.9 cm³/mol. The molecule has 0 aromatic carbocycles. The van der Waals surface area contributed by atoms with E-state index in [0.717, 1.165) is 0 Å². The maximum Gasteiger partial charge on any atom is 0.259 e. The quantitative estimate of drug-likeness (QED) is 0.359. The first kappa shape index (κ1) is 14.7. The van der Waals surface area contributed by atoms with E-state index in [1.54, 1.807) is 4.57 Å². The summed E-state index contributed by atoms with van der Waals surface area (Å²) in [6.07, 6.45) is 4.82. The number of aryl methyl sites for hydroxylation is 1. The number of rotatable bonds is 8. The largest absolute Gasteiger partial charge is 0.388 e. The van der Waals surface area contributed by atoms with Crippen molar-refractivity contribution in [3.63, 3.8) is 0 Å². The van der Waals surface area contributed by atoms with Gasteiger partial charge in [0.2, 0.25) is 0 Å². The molecule has 1 aromatic rings. The van der Waals surface area contributed by atoms with E-state index in [9.17, 15) is 8.42 Å². The summed E-state index contributed by atoms with van der Waals surface area (Å²) in [7, 11) is -3.52. The normalized spacial score (nSPS) is 11.6. The topological polar surface area (TPSA) is 114 Å². The highest BCUT2D eigenvalue weighted by molar-refractivity contribution is 7.89. The number of nitrogens with two attached hydrogens (primary N) is 1. The van der Waals surface area contributed by atoms with Gasteiger partial charge in [0, 0.05) is 25.7 Å². The molecule has 0 saturated carbocycles. The summed E-state index contributed by atoms with van der Waals surface area (Å²) in [5.74, 6) is 0.125. The Bertz CT molecular complexity index is 494. The minimum atomic E-state index is -3.52. The molecule has 18 heavy (non-hydrogen) atoms. The number of imidazole rings is 1. The highest BCUT2D eigenvalue weighted by Crippen LogP contribution is 2.05. The molecule has 1 aromatic heterocycles. The van der Waals surface area contributed by atoms with Crippen molar-refractivity contribution in [1.29, 1.82) is 5.41 Å². The van der Waals surface area contributed by atoms with Crippen molar-refractivity contribution in [2.75, 3.05) is 6.54 Å². The second kappa shape index (κ2) is 6.50. The zero-order valence-electron chi connectivity index (χ0n) is 10.4. The van der Waals surface area contributed by atoms with Crippen LogP contribution in [0.5, 0.6) is 0 Å². The van der Waals surface area contributed by atoms with Gasteiger partial charge in [0.1, 0.15) is 0 Å². The first-order chi connectivity index (χ1) is 8.45. The van der Waals surface area contributed by atoms with Gasteiger partial charge in [-0.25, -0.2) is 18.1 Å². The minimum Gasteiger partial charge on any atom is -0.388 e. The van der Waals surface area contributed by atoms with Crippen molar-refractivity contribution in [3.05, 3.63) is 12.5 Å². The number of sulfonamides is 1. The van der Waals surface area contributed by atoms with Crippen LogP contribution < -0.4 is 10.5 Å². The molecule has 1 heterocycles. The van der Waals surface area contributed by atoms with Crippen LogP contribution in [0.1, 0.15) is 26.2 Å². The first-order valence-electron chi connectivity index (χ1n) is 5.80. The molecular weight excluding hydrogens is 254 g/mol. The van der Waals surface area contributed by atoms with Gasteiger partial charge in [0.15, 0.2) is 5.03 Å². The number of unbranched alkanes of at least 4 members (excludes halogenated alkanes) is 1. The Labute approximate surface area is 107 Å². The summed E-state index contributed by atoms with van der Waals surface area (Å²) in [5, 5.41) is 7.08. The van der Waals surface area contributed by atoms with Gasteiger partial charge >= 0.3 is 0 Å². The van der Waals surface area contributed by atoms with Gasteiger partial charge in [-0.05, 0) is 19.8 Å². The van der Waals surface area contributed by atoms with Gasteiger partial charge in [0.05, 0.1) is 12.2 Å². The van der Waals surface area contributed by atoms with Crippen LogP contribution in [-0.2, 0) is 16.6 Å². The Kier molecular flexibility index (Phi) is 5.29. The van der Waals surface area contributed by atoms with Gasteiger partial charge in [-0.3, -0.25) is 5.41 Å². The van der Waals surface area contributed by atoms with Crippen molar-refractivity contribution in [2.24, 2.45) is 5.73 Å². The molecule has 0 fully saturated rings. The standard InChI is InChI=1S/C10H19N5O2S/c1-2-15-7-10(13-8-15)18(16,17)14-6-4-3-5-9(11)12/h7-8,14H,2-6H2,1H3,(H3,11,12). The molecule has 0 atom stereocenters. The van der Waals surface area contributed by atoms with E-state index in [1.165, 1.54) is 12.5 Å². The SMILES string of the molecule is CCn1cnc(S(=O)(=O)NCCCCC(=N)N)c1. The van der Waals surface area contributed by atoms with Crippen LogP contribution in [0.3, 0.4) is 0 Å². The summed E-state index contributed by atoms with van der Waals surface area (Å²) in [6, 6.07) is 0. The molecule has 1 rings (SSSR count). The first-order valence-corrected chi connectivity index (χ1v) is 7.28. The van der Waals surface area contributed by atoms with E-state index >= 15 is 0 Å². The Morgan fingerprint density at radius 2 is 2.28 bits per heavy atom. The van der Waals surface area contributed by atoms with Gasteiger partial charge in [-0.15, -0.1) is 0 Å². The van der Waals surface area contributed by atoms with E-state index < -0.39 is 10.0 Å². The maximum absolute atomic E-state index is 11.8. The number of nitrogens with one attached hydrogen (secondary N) is 2. The fourth-order valence-corrected chi connectivity index (χ4v) is 2.39. The van der Waals surface area contributed by atoms with Crippen LogP contribution in [0.25, 0.3) is 0 Å². The van der Waals surface area contributed by atoms with E-state index in [-0.39, 0.29) is 10.9 Å². The average Bonchev–Trinajstić information content (AvgIpc) is 2.77. The van der Waals surface area contributed by atoms with Crippen molar-refractivity contribution in [2.45, 2.75) is 37.8 Å². The molecule has 0 spiro atoms. The van der Waals surface area contributed by atoms with Crippen LogP contribution in [0, 0.1) is 5.41 Å². The third-order valence-electron chi connectivity index (χ3n) is 2.42. The molecule has 0 aliphatic rings. The van der Waals surface area contributed by atoms with E-state index in [1.807, 2.05) is 6.92 Å². The Morgan fingerprint density at radius 3 is 2.83 bits per heavy atom. The zero-order valence-corrected chi connectivity index (χ0v) is 11.2. The molecule has 4 N–H and O–H groups in total. The summed E-state index contributed by atoms with van der Waals surface area (Å²) in [6.45, 7) is 2.92. The molecule has 0 aliphatic heterocycles. The summed E-state index contributed by atoms with van der Waals surface area (Å²) < 4.78 is 27.8. The van der Waals surface area contributed by atoms with Crippen LogP contribution >= 0.6 is 0 Å². The van der Waals surface area contributed by atoms with E-state index in [2.05, 4.69) is 9.71 Å². The van der Waals surface area contributed by atoms with E-state index in [4.69, 9.17) is 11.1 Å². The Hall–Kier alpha value is -1.41. The fourth-order valence-electron chi connectivity index (χ4n) is 1.37. The third kappa shape index (κ3) is 4.46. The Morgan fingerprint density at radius 1 is 1.56 bits per heavy atom. The Balaban J connectivity index is 2.42. The molecule has 7 nitrogen and oxygen atoms in total. The van der Waals surface area contributed by atoms with Gasteiger partial charge in [-0.2, -0.15) is 0 Å². The van der Waals surface area contributed by atoms with Gasteiger partial charge < -0.3 is 10.3 Å². The highest BCUT2D eigenvalue weighted by atomic mass is 32.2. The molecule has 0 aliphatic carbocycles. The third-order valence-corrected chi connectivity index (χ3v) is 3.76. The van der Waals surface area contributed by atoms with Crippen molar-refractivity contribution >= 4 is 15.9 Å². The number of hydrogen-bond acceptors (Lipinski definition) is 4. The predicted octanol–water partition coefficient (Wildman–Crippen LogP) is 0.288. The van der Waals surface area contributed by atoms with Gasteiger partial charge in [-0.1, -0.05) is 0 Å². The lowest BCUT2D eigenvalue weighted by Gasteiger charge is -2.03. The smallest absolute Gasteiger partial charge is 0.259 e. The number of hydrogen-bond donors (Lipinski definition) is 3. The van der Waals surface area contributed by atoms with Crippen LogP contribution in [0.15, 0.2) is 17.6 Å². The summed E-state index contributed by atoms with van der Waals surface area (Å²) in [4.78, 5) is 3.84. The number of aromatic nitrogens is 2. The summed E-state index contributed by atoms with van der Waals surface area (Å²) in [5.41, 5.74) is 5.20. The van der Waals surface area contributed by atoms with E-state index in [0.29, 0.717) is 32.4 Å². The number of amidine groups is 1. The molecular formula is C10H19N5O2S. The molecule has 8 heteroatoms. The van der Waals surface area contributed by atoms with Crippen molar-refractivity contribution < 1.29 is 8.42 Å². The van der Waals surface area contributed by atoms with Crippen molar-refractivity contribution in [3.8, 4) is 0 Å². The number of nitrogens with zero attached hydrogens (tertiary/aromatic N) is 2. The molecule has 0 radical (unpaired) electrons. The summed E-state index contributed by atoms with van der Waals surface area (Å²) >= 11 is 0. The lowest BCUT2D eigenvalue weighted by atomic mass is 10.2. The fraction of sp³-hybridized carbons (Fsp3) is 0.600. The lowest BCUT2D eigenvalue weighted by Crippen LogP contribution is -2.25. The molecule has 0 unspecified atom stereocenters. The van der Waals surface area contributed by atoms with Crippen LogP contribution in [0.4, 0.5) is 0 Å². The van der Waals surface area contributed by atoms with Crippen LogP contribution in [-0.4, -0.2) is 30.3 Å². The maximum atomic E-state index is 11.8. The molecule has 0 saturated heterocycles. The highest BCUT2D eigenvalue weighted by Gasteiger charge is 2.16. The molecule has 102 valence electrons. The second-order valence-electron chi connectivity index (χ2n) is 3.92. The second-order valence-corrected chi connectivity index (χ2v) is 5.64. The monoisotopic (exact) mass is 273 g/mol. The average molecular weight is 273 g/mol. The zero-order chi connectivity index (χ0) is 13.6. The van der Waals surface area contributed by atoms with Crippen LogP contribution in [0.2, 0.25) is 0 Å².